The summed E-state index contributed by atoms with van der Waals surface area (Å²) in [4.78, 5) is 0. The minimum Gasteiger partial charge on any atom is -0.348 e. The number of nitrogens with zero attached hydrogens (tertiary/aromatic N) is 1. The Morgan fingerprint density at radius 3 is 2.42 bits per heavy atom. The molecule has 1 saturated carbocycles. The van der Waals surface area contributed by atoms with Crippen LogP contribution in [0.25, 0.3) is 0 Å². The number of unbranched alkanes of at least 4 members (excludes halogenated alkanes) is 2. The SMILES string of the molecule is CCCCCC1CCC([C@H]2CO[C@H](c3ccc(C#N)c(F)c3)OC2)CC1. The quantitative estimate of drug-likeness (QED) is 0.608. The first kappa shape index (κ1) is 19.3. The Labute approximate surface area is 156 Å². The molecule has 0 N–H and O–H groups in total. The van der Waals surface area contributed by atoms with Crippen LogP contribution < -0.4 is 0 Å². The number of benzene rings is 1. The minimum atomic E-state index is -0.515. The molecule has 0 amide bonds. The molecule has 0 radical (unpaired) electrons. The van der Waals surface area contributed by atoms with Crippen LogP contribution in [0.15, 0.2) is 18.2 Å². The van der Waals surface area contributed by atoms with Crippen molar-refractivity contribution in [3.63, 3.8) is 0 Å². The first-order chi connectivity index (χ1) is 12.7. The molecule has 0 unspecified atom stereocenters. The highest BCUT2D eigenvalue weighted by molar-refractivity contribution is 5.33. The van der Waals surface area contributed by atoms with E-state index in [0.717, 1.165) is 5.92 Å². The largest absolute Gasteiger partial charge is 0.348 e. The zero-order valence-electron chi connectivity index (χ0n) is 15.8. The average molecular weight is 359 g/mol. The predicted molar refractivity (Wildman–Crippen MR) is 98.8 cm³/mol. The van der Waals surface area contributed by atoms with E-state index in [0.29, 0.717) is 30.6 Å². The van der Waals surface area contributed by atoms with Gasteiger partial charge >= 0.3 is 0 Å². The summed E-state index contributed by atoms with van der Waals surface area (Å²) in [5.41, 5.74) is 0.706. The Bertz CT molecular complexity index is 611. The maximum atomic E-state index is 13.8. The second-order valence-electron chi connectivity index (χ2n) is 7.89. The lowest BCUT2D eigenvalue weighted by molar-refractivity contribution is -0.214. The number of nitriles is 1. The van der Waals surface area contributed by atoms with Gasteiger partial charge in [0.2, 0.25) is 0 Å². The van der Waals surface area contributed by atoms with Gasteiger partial charge in [-0.2, -0.15) is 5.26 Å². The van der Waals surface area contributed by atoms with Crippen molar-refractivity contribution in [1.82, 2.24) is 0 Å². The zero-order chi connectivity index (χ0) is 18.4. The second-order valence-corrected chi connectivity index (χ2v) is 7.89. The zero-order valence-corrected chi connectivity index (χ0v) is 15.8. The molecule has 3 rings (SSSR count). The summed E-state index contributed by atoms with van der Waals surface area (Å²) in [7, 11) is 0. The monoisotopic (exact) mass is 359 g/mol. The van der Waals surface area contributed by atoms with Gasteiger partial charge in [-0.25, -0.2) is 4.39 Å². The number of hydrogen-bond donors (Lipinski definition) is 0. The number of rotatable bonds is 6. The highest BCUT2D eigenvalue weighted by Gasteiger charge is 2.32. The molecule has 26 heavy (non-hydrogen) atoms. The van der Waals surface area contributed by atoms with E-state index in [1.807, 2.05) is 6.07 Å². The Morgan fingerprint density at radius 2 is 1.81 bits per heavy atom. The van der Waals surface area contributed by atoms with Crippen LogP contribution in [-0.4, -0.2) is 13.2 Å². The maximum absolute atomic E-state index is 13.8. The fourth-order valence-electron chi connectivity index (χ4n) is 4.38. The van der Waals surface area contributed by atoms with E-state index in [-0.39, 0.29) is 5.56 Å². The number of hydrogen-bond acceptors (Lipinski definition) is 3. The van der Waals surface area contributed by atoms with Crippen LogP contribution in [0.3, 0.4) is 0 Å². The molecule has 1 aliphatic carbocycles. The van der Waals surface area contributed by atoms with Crippen LogP contribution >= 0.6 is 0 Å². The molecule has 4 heteroatoms. The van der Waals surface area contributed by atoms with Crippen LogP contribution in [0.1, 0.15) is 75.7 Å². The molecular formula is C22H30FNO2. The van der Waals surface area contributed by atoms with E-state index in [4.69, 9.17) is 14.7 Å². The summed E-state index contributed by atoms with van der Waals surface area (Å²) in [5, 5.41) is 8.83. The van der Waals surface area contributed by atoms with Crippen LogP contribution in [0.4, 0.5) is 4.39 Å². The molecule has 1 aromatic carbocycles. The van der Waals surface area contributed by atoms with Crippen molar-refractivity contribution < 1.29 is 13.9 Å². The van der Waals surface area contributed by atoms with Gasteiger partial charge in [-0.15, -0.1) is 0 Å². The van der Waals surface area contributed by atoms with Crippen LogP contribution in [0, 0.1) is 34.9 Å². The molecule has 1 saturated heterocycles. The molecule has 0 spiro atoms. The smallest absolute Gasteiger partial charge is 0.183 e. The lowest BCUT2D eigenvalue weighted by Crippen LogP contribution is -2.34. The molecule has 2 aliphatic rings. The summed E-state index contributed by atoms with van der Waals surface area (Å²) < 4.78 is 25.6. The van der Waals surface area contributed by atoms with Gasteiger partial charge in [0.05, 0.1) is 18.8 Å². The predicted octanol–water partition coefficient (Wildman–Crippen LogP) is 5.75. The molecule has 2 fully saturated rings. The molecule has 1 aliphatic heterocycles. The van der Waals surface area contributed by atoms with E-state index in [1.165, 1.54) is 63.5 Å². The Kier molecular flexibility index (Phi) is 7.05. The van der Waals surface area contributed by atoms with Gasteiger partial charge < -0.3 is 9.47 Å². The summed E-state index contributed by atoms with van der Waals surface area (Å²) >= 11 is 0. The van der Waals surface area contributed by atoms with Crippen LogP contribution in [0.2, 0.25) is 0 Å². The van der Waals surface area contributed by atoms with E-state index < -0.39 is 12.1 Å². The first-order valence-corrected chi connectivity index (χ1v) is 10.1. The van der Waals surface area contributed by atoms with Crippen molar-refractivity contribution in [2.24, 2.45) is 17.8 Å². The van der Waals surface area contributed by atoms with E-state index in [2.05, 4.69) is 6.92 Å². The molecule has 0 bridgehead atoms. The van der Waals surface area contributed by atoms with Gasteiger partial charge in [-0.3, -0.25) is 0 Å². The standard InChI is InChI=1S/C22H30FNO2/c1-2-3-4-5-16-6-8-17(9-7-16)20-14-25-22(26-15-20)18-10-11-19(13-24)21(23)12-18/h10-12,16-17,20,22H,2-9,14-15H2,1H3/t16?,17?,20-,22-. The highest BCUT2D eigenvalue weighted by atomic mass is 19.1. The highest BCUT2D eigenvalue weighted by Crippen LogP contribution is 2.38. The van der Waals surface area contributed by atoms with Gasteiger partial charge in [0.1, 0.15) is 11.9 Å². The maximum Gasteiger partial charge on any atom is 0.183 e. The lowest BCUT2D eigenvalue weighted by Gasteiger charge is -2.38. The normalized spacial score (nSPS) is 29.3. The van der Waals surface area contributed by atoms with E-state index in [1.54, 1.807) is 6.07 Å². The minimum absolute atomic E-state index is 0.0538. The molecule has 0 atom stereocenters. The first-order valence-electron chi connectivity index (χ1n) is 10.1. The molecule has 1 aromatic rings. The van der Waals surface area contributed by atoms with Crippen molar-refractivity contribution in [1.29, 1.82) is 5.26 Å². The number of ether oxygens (including phenoxy) is 2. The van der Waals surface area contributed by atoms with Crippen LogP contribution in [-0.2, 0) is 9.47 Å². The fourth-order valence-corrected chi connectivity index (χ4v) is 4.38. The lowest BCUT2D eigenvalue weighted by atomic mass is 9.74. The van der Waals surface area contributed by atoms with Crippen LogP contribution in [0.5, 0.6) is 0 Å². The Morgan fingerprint density at radius 1 is 1.08 bits per heavy atom. The van der Waals surface area contributed by atoms with Crippen molar-refractivity contribution in [2.45, 2.75) is 64.6 Å². The fraction of sp³-hybridized carbons (Fsp3) is 0.682. The number of halogens is 1. The second kappa shape index (κ2) is 9.48. The van der Waals surface area contributed by atoms with Crippen molar-refractivity contribution >= 4 is 0 Å². The van der Waals surface area contributed by atoms with E-state index >= 15 is 0 Å². The third-order valence-corrected chi connectivity index (χ3v) is 6.08. The van der Waals surface area contributed by atoms with Crippen molar-refractivity contribution in [3.05, 3.63) is 35.1 Å². The summed E-state index contributed by atoms with van der Waals surface area (Å²) in [6, 6.07) is 6.40. The summed E-state index contributed by atoms with van der Waals surface area (Å²) in [6.07, 6.45) is 10.2. The van der Waals surface area contributed by atoms with Gasteiger partial charge in [-0.05, 0) is 36.8 Å². The third kappa shape index (κ3) is 4.84. The van der Waals surface area contributed by atoms with Crippen molar-refractivity contribution in [2.75, 3.05) is 13.2 Å². The molecule has 0 aromatic heterocycles. The summed E-state index contributed by atoms with van der Waals surface area (Å²) in [6.45, 7) is 3.62. The van der Waals surface area contributed by atoms with Gasteiger partial charge in [0.25, 0.3) is 0 Å². The Balaban J connectivity index is 1.44. The molecular weight excluding hydrogens is 329 g/mol. The summed E-state index contributed by atoms with van der Waals surface area (Å²) in [5.74, 6) is 1.54. The molecule has 1 heterocycles. The van der Waals surface area contributed by atoms with Gasteiger partial charge in [-0.1, -0.05) is 51.5 Å². The molecule has 3 nitrogen and oxygen atoms in total. The Hall–Kier alpha value is -1.44. The van der Waals surface area contributed by atoms with Gasteiger partial charge in [0.15, 0.2) is 6.29 Å². The topological polar surface area (TPSA) is 42.2 Å². The van der Waals surface area contributed by atoms with Crippen molar-refractivity contribution in [3.8, 4) is 6.07 Å². The van der Waals surface area contributed by atoms with Gasteiger partial charge in [0, 0.05) is 11.5 Å². The van der Waals surface area contributed by atoms with E-state index in [9.17, 15) is 4.39 Å². The third-order valence-electron chi connectivity index (χ3n) is 6.08. The molecule has 142 valence electrons. The average Bonchev–Trinajstić information content (AvgIpc) is 2.69.